The fourth-order valence-electron chi connectivity index (χ4n) is 1.93. The van der Waals surface area contributed by atoms with Crippen molar-refractivity contribution in [3.63, 3.8) is 0 Å². The zero-order valence-electron chi connectivity index (χ0n) is 12.0. The number of fused-ring (bicyclic) bond motifs is 1. The topological polar surface area (TPSA) is 59.0 Å². The predicted molar refractivity (Wildman–Crippen MR) is 74.7 cm³/mol. The van der Waals surface area contributed by atoms with Crippen LogP contribution in [-0.4, -0.2) is 28.2 Å². The van der Waals surface area contributed by atoms with Crippen LogP contribution in [0, 0.1) is 0 Å². The molecule has 0 aliphatic carbocycles. The molecule has 1 aliphatic rings. The maximum atomic E-state index is 11.2. The summed E-state index contributed by atoms with van der Waals surface area (Å²) < 4.78 is 10.6. The minimum absolute atomic E-state index is 0.0633. The van der Waals surface area contributed by atoms with E-state index < -0.39 is 5.97 Å². The summed E-state index contributed by atoms with van der Waals surface area (Å²) in [5, 5.41) is 10.2. The molecule has 0 spiro atoms. The summed E-state index contributed by atoms with van der Waals surface area (Å²) in [4.78, 5) is 13.3. The molecule has 1 N–H and O–H groups in total. The van der Waals surface area contributed by atoms with Crippen LogP contribution in [-0.2, 0) is 11.3 Å². The van der Waals surface area contributed by atoms with Crippen molar-refractivity contribution in [2.45, 2.75) is 32.9 Å². The molecule has 1 aromatic rings. The van der Waals surface area contributed by atoms with Crippen LogP contribution in [0.15, 0.2) is 24.8 Å². The molecule has 1 heterocycles. The molecular weight excluding hydrogens is 258 g/mol. The van der Waals surface area contributed by atoms with Crippen molar-refractivity contribution in [2.24, 2.45) is 0 Å². The van der Waals surface area contributed by atoms with Crippen molar-refractivity contribution < 1.29 is 19.4 Å². The fourth-order valence-corrected chi connectivity index (χ4v) is 1.93. The molecule has 1 aliphatic heterocycles. The summed E-state index contributed by atoms with van der Waals surface area (Å²) in [5.41, 5.74) is 0.540. The highest BCUT2D eigenvalue weighted by Crippen LogP contribution is 2.40. The molecule has 0 atom stereocenters. The van der Waals surface area contributed by atoms with Gasteiger partial charge in [-0.25, -0.2) is 4.79 Å². The van der Waals surface area contributed by atoms with Gasteiger partial charge in [-0.3, -0.25) is 4.90 Å². The lowest BCUT2D eigenvalue weighted by molar-refractivity contribution is -0.129. The number of aromatic hydroxyl groups is 1. The first kappa shape index (κ1) is 14.4. The summed E-state index contributed by atoms with van der Waals surface area (Å²) >= 11 is 0. The molecule has 108 valence electrons. The van der Waals surface area contributed by atoms with Gasteiger partial charge >= 0.3 is 5.97 Å². The monoisotopic (exact) mass is 277 g/mol. The molecule has 1 aromatic carbocycles. The first-order valence-corrected chi connectivity index (χ1v) is 6.40. The van der Waals surface area contributed by atoms with Gasteiger partial charge in [0.25, 0.3) is 0 Å². The molecule has 0 bridgehead atoms. The average molecular weight is 277 g/mol. The molecule has 0 radical (unpaired) electrons. The Hall–Kier alpha value is -2.01. The molecule has 0 amide bonds. The second kappa shape index (κ2) is 5.17. The van der Waals surface area contributed by atoms with Crippen LogP contribution in [0.3, 0.4) is 0 Å². The third kappa shape index (κ3) is 2.77. The zero-order chi connectivity index (χ0) is 14.9. The van der Waals surface area contributed by atoms with E-state index in [-0.39, 0.29) is 17.0 Å². The van der Waals surface area contributed by atoms with E-state index in [0.29, 0.717) is 24.6 Å². The largest absolute Gasteiger partial charge is 0.504 e. The molecule has 20 heavy (non-hydrogen) atoms. The number of phenolic OH excluding ortho intramolecular Hbond substituents is 1. The average Bonchev–Trinajstić information content (AvgIpc) is 2.40. The summed E-state index contributed by atoms with van der Waals surface area (Å²) in [6.45, 7) is 10.5. The molecule has 0 saturated heterocycles. The predicted octanol–water partition coefficient (Wildman–Crippen LogP) is 2.43. The van der Waals surface area contributed by atoms with Crippen molar-refractivity contribution in [1.29, 1.82) is 0 Å². The number of benzene rings is 1. The van der Waals surface area contributed by atoms with E-state index in [0.717, 1.165) is 6.08 Å². The van der Waals surface area contributed by atoms with Crippen molar-refractivity contribution in [2.75, 3.05) is 6.73 Å². The summed E-state index contributed by atoms with van der Waals surface area (Å²) in [6, 6.07) is 3.21. The molecule has 0 aromatic heterocycles. The molecule has 0 fully saturated rings. The minimum Gasteiger partial charge on any atom is -0.504 e. The summed E-state index contributed by atoms with van der Waals surface area (Å²) in [7, 11) is 0. The number of carbonyl (C=O) groups excluding carboxylic acids is 1. The third-order valence-corrected chi connectivity index (χ3v) is 3.25. The summed E-state index contributed by atoms with van der Waals surface area (Å²) in [6.07, 6.45) is 1.05. The van der Waals surface area contributed by atoms with Gasteiger partial charge in [-0.1, -0.05) is 6.58 Å². The smallest absolute Gasteiger partial charge is 0.335 e. The Morgan fingerprint density at radius 2 is 2.20 bits per heavy atom. The van der Waals surface area contributed by atoms with Crippen LogP contribution in [0.25, 0.3) is 0 Å². The number of hydrogen-bond acceptors (Lipinski definition) is 5. The molecule has 2 rings (SSSR count). The molecule has 5 heteroatoms. The Morgan fingerprint density at radius 1 is 1.50 bits per heavy atom. The maximum absolute atomic E-state index is 11.2. The quantitative estimate of drug-likeness (QED) is 0.511. The first-order valence-electron chi connectivity index (χ1n) is 6.40. The van der Waals surface area contributed by atoms with E-state index >= 15 is 0 Å². The van der Waals surface area contributed by atoms with Crippen molar-refractivity contribution in [3.05, 3.63) is 30.4 Å². The maximum Gasteiger partial charge on any atom is 0.335 e. The Kier molecular flexibility index (Phi) is 3.72. The van der Waals surface area contributed by atoms with Gasteiger partial charge in [0.2, 0.25) is 0 Å². The van der Waals surface area contributed by atoms with Crippen molar-refractivity contribution in [3.8, 4) is 17.2 Å². The van der Waals surface area contributed by atoms with Gasteiger partial charge in [0.15, 0.2) is 11.5 Å². The number of carbonyl (C=O) groups is 1. The van der Waals surface area contributed by atoms with Crippen LogP contribution < -0.4 is 9.47 Å². The Bertz CT molecular complexity index is 546. The normalized spacial score (nSPS) is 15.2. The number of phenols is 1. The molecular formula is C15H19NO4. The Morgan fingerprint density at radius 3 is 2.80 bits per heavy atom. The van der Waals surface area contributed by atoms with E-state index in [9.17, 15) is 9.90 Å². The number of rotatable bonds is 2. The standard InChI is InChI=1S/C15H19NO4/c1-5-13(17)20-12-7-6-11-10(14(12)18)8-16(9-19-11)15(2,3)4/h5-7,18H,1,8-9H2,2-4H3. The van der Waals surface area contributed by atoms with E-state index in [1.54, 1.807) is 6.07 Å². The highest BCUT2D eigenvalue weighted by atomic mass is 16.5. The number of hydrogen-bond donors (Lipinski definition) is 1. The number of ether oxygens (including phenoxy) is 2. The van der Waals surface area contributed by atoms with Crippen molar-refractivity contribution >= 4 is 5.97 Å². The van der Waals surface area contributed by atoms with Gasteiger partial charge in [-0.05, 0) is 32.9 Å². The Labute approximate surface area is 118 Å². The fraction of sp³-hybridized carbons (Fsp3) is 0.400. The zero-order valence-corrected chi connectivity index (χ0v) is 12.0. The van der Waals surface area contributed by atoms with Crippen LogP contribution in [0.1, 0.15) is 26.3 Å². The van der Waals surface area contributed by atoms with Gasteiger partial charge in [0.05, 0.1) is 5.56 Å². The number of nitrogens with zero attached hydrogens (tertiary/aromatic N) is 1. The highest BCUT2D eigenvalue weighted by molar-refractivity contribution is 5.84. The van der Waals surface area contributed by atoms with Gasteiger partial charge in [0.1, 0.15) is 12.5 Å². The van der Waals surface area contributed by atoms with Gasteiger partial charge < -0.3 is 14.6 Å². The van der Waals surface area contributed by atoms with Crippen LogP contribution in [0.2, 0.25) is 0 Å². The summed E-state index contributed by atoms with van der Waals surface area (Å²) in [5.74, 6) is 0.0608. The SMILES string of the molecule is C=CC(=O)Oc1ccc2c(c1O)CN(C(C)(C)C)CO2. The minimum atomic E-state index is -0.607. The lowest BCUT2D eigenvalue weighted by Gasteiger charge is -2.38. The lowest BCUT2D eigenvalue weighted by Crippen LogP contribution is -2.45. The highest BCUT2D eigenvalue weighted by Gasteiger charge is 2.29. The second-order valence-electron chi connectivity index (χ2n) is 5.66. The molecule has 0 unspecified atom stereocenters. The Balaban J connectivity index is 2.32. The van der Waals surface area contributed by atoms with Crippen molar-refractivity contribution in [1.82, 2.24) is 4.90 Å². The molecule has 0 saturated carbocycles. The van der Waals surface area contributed by atoms with E-state index in [2.05, 4.69) is 32.3 Å². The molecule has 5 nitrogen and oxygen atoms in total. The van der Waals surface area contributed by atoms with Gasteiger partial charge in [-0.15, -0.1) is 0 Å². The first-order chi connectivity index (χ1) is 9.32. The lowest BCUT2D eigenvalue weighted by atomic mass is 10.0. The third-order valence-electron chi connectivity index (χ3n) is 3.25. The van der Waals surface area contributed by atoms with Crippen LogP contribution in [0.4, 0.5) is 0 Å². The van der Waals surface area contributed by atoms with E-state index in [1.807, 2.05) is 0 Å². The van der Waals surface area contributed by atoms with Gasteiger partial charge in [0, 0.05) is 18.2 Å². The van der Waals surface area contributed by atoms with Crippen LogP contribution >= 0.6 is 0 Å². The van der Waals surface area contributed by atoms with Gasteiger partial charge in [-0.2, -0.15) is 0 Å². The van der Waals surface area contributed by atoms with Crippen LogP contribution in [0.5, 0.6) is 17.2 Å². The van der Waals surface area contributed by atoms with E-state index in [4.69, 9.17) is 9.47 Å². The number of esters is 1. The second-order valence-corrected chi connectivity index (χ2v) is 5.66. The van der Waals surface area contributed by atoms with E-state index in [1.165, 1.54) is 6.07 Å².